The van der Waals surface area contributed by atoms with Gasteiger partial charge in [-0.3, -0.25) is 4.79 Å². The number of imidazole rings is 1. The van der Waals surface area contributed by atoms with Crippen LogP contribution in [-0.2, 0) is 6.18 Å². The van der Waals surface area contributed by atoms with Crippen LogP contribution in [0, 0.1) is 0 Å². The summed E-state index contributed by atoms with van der Waals surface area (Å²) in [6.07, 6.45) is -2.17. The molecule has 0 aliphatic carbocycles. The molecular formula is C13H9BrF3N5O2. The Morgan fingerprint density at radius 1 is 1.29 bits per heavy atom. The zero-order valence-electron chi connectivity index (χ0n) is 12.0. The van der Waals surface area contributed by atoms with E-state index in [1.165, 1.54) is 19.6 Å². The molecule has 0 fully saturated rings. The molecule has 0 unspecified atom stereocenters. The predicted octanol–water partition coefficient (Wildman–Crippen LogP) is 1.83. The SMILES string of the molecule is CNn1c(=O)[nH]c2cc(C(F)(F)F)c(-n3cnc(Br)c3)cc2c1=O. The average molecular weight is 404 g/mol. The summed E-state index contributed by atoms with van der Waals surface area (Å²) in [6.45, 7) is 0. The minimum absolute atomic E-state index is 0.0724. The molecule has 3 aromatic rings. The lowest BCUT2D eigenvalue weighted by Crippen LogP contribution is -2.39. The fourth-order valence-electron chi connectivity index (χ4n) is 2.33. The second kappa shape index (κ2) is 5.51. The lowest BCUT2D eigenvalue weighted by molar-refractivity contribution is -0.137. The first-order valence-corrected chi connectivity index (χ1v) is 7.29. The van der Waals surface area contributed by atoms with Crippen LogP contribution in [0.3, 0.4) is 0 Å². The monoisotopic (exact) mass is 403 g/mol. The maximum atomic E-state index is 13.4. The average Bonchev–Trinajstić information content (AvgIpc) is 2.92. The number of rotatable bonds is 2. The van der Waals surface area contributed by atoms with Crippen molar-refractivity contribution < 1.29 is 13.2 Å². The summed E-state index contributed by atoms with van der Waals surface area (Å²) in [4.78, 5) is 30.1. The molecule has 0 spiro atoms. The molecule has 2 heterocycles. The van der Waals surface area contributed by atoms with E-state index in [1.54, 1.807) is 0 Å². The second-order valence-corrected chi connectivity index (χ2v) is 5.62. The first-order valence-electron chi connectivity index (χ1n) is 6.50. The van der Waals surface area contributed by atoms with E-state index in [4.69, 9.17) is 0 Å². The molecule has 3 rings (SSSR count). The van der Waals surface area contributed by atoms with Crippen LogP contribution in [0.2, 0.25) is 0 Å². The normalized spacial score (nSPS) is 11.9. The Morgan fingerprint density at radius 2 is 2.00 bits per heavy atom. The number of H-pyrrole nitrogens is 1. The van der Waals surface area contributed by atoms with E-state index in [0.29, 0.717) is 9.28 Å². The van der Waals surface area contributed by atoms with Crippen molar-refractivity contribution in [3.63, 3.8) is 0 Å². The lowest BCUT2D eigenvalue weighted by atomic mass is 10.1. The highest BCUT2D eigenvalue weighted by atomic mass is 79.9. The summed E-state index contributed by atoms with van der Waals surface area (Å²) in [5.74, 6) is 0. The van der Waals surface area contributed by atoms with Crippen molar-refractivity contribution in [1.29, 1.82) is 0 Å². The van der Waals surface area contributed by atoms with Gasteiger partial charge in [-0.2, -0.15) is 17.8 Å². The third kappa shape index (κ3) is 2.60. The van der Waals surface area contributed by atoms with Gasteiger partial charge in [0.25, 0.3) is 5.56 Å². The van der Waals surface area contributed by atoms with Crippen LogP contribution in [0.15, 0.2) is 38.8 Å². The van der Waals surface area contributed by atoms with Crippen LogP contribution in [0.4, 0.5) is 13.2 Å². The number of aromatic nitrogens is 4. The number of aromatic amines is 1. The molecule has 0 radical (unpaired) electrons. The zero-order chi connectivity index (χ0) is 17.6. The Balaban J connectivity index is 2.45. The van der Waals surface area contributed by atoms with Gasteiger partial charge in [-0.25, -0.2) is 9.78 Å². The smallest absolute Gasteiger partial charge is 0.322 e. The highest BCUT2D eigenvalue weighted by Gasteiger charge is 2.35. The van der Waals surface area contributed by atoms with Crippen LogP contribution >= 0.6 is 15.9 Å². The topological polar surface area (TPSA) is 84.7 Å². The number of fused-ring (bicyclic) bond motifs is 1. The highest BCUT2D eigenvalue weighted by molar-refractivity contribution is 9.10. The molecule has 0 atom stereocenters. The van der Waals surface area contributed by atoms with Gasteiger partial charge in [-0.05, 0) is 28.1 Å². The van der Waals surface area contributed by atoms with E-state index in [0.717, 1.165) is 16.7 Å². The molecule has 11 heteroatoms. The number of benzene rings is 1. The minimum atomic E-state index is -4.69. The first-order chi connectivity index (χ1) is 11.2. The quantitative estimate of drug-likeness (QED) is 0.683. The highest BCUT2D eigenvalue weighted by Crippen LogP contribution is 2.35. The lowest BCUT2D eigenvalue weighted by Gasteiger charge is -2.15. The van der Waals surface area contributed by atoms with Crippen LogP contribution < -0.4 is 16.7 Å². The number of nitrogens with one attached hydrogen (secondary N) is 2. The van der Waals surface area contributed by atoms with Crippen molar-refractivity contribution in [2.45, 2.75) is 6.18 Å². The van der Waals surface area contributed by atoms with E-state index >= 15 is 0 Å². The van der Waals surface area contributed by atoms with Gasteiger partial charge in [0.1, 0.15) is 10.9 Å². The summed E-state index contributed by atoms with van der Waals surface area (Å²) >= 11 is 3.06. The number of alkyl halides is 3. The van der Waals surface area contributed by atoms with Crippen molar-refractivity contribution in [2.24, 2.45) is 0 Å². The largest absolute Gasteiger partial charge is 0.418 e. The minimum Gasteiger partial charge on any atom is -0.322 e. The van der Waals surface area contributed by atoms with Crippen LogP contribution in [-0.4, -0.2) is 26.3 Å². The maximum absolute atomic E-state index is 13.4. The Kier molecular flexibility index (Phi) is 3.74. The molecular weight excluding hydrogens is 395 g/mol. The van der Waals surface area contributed by atoms with E-state index in [1.807, 2.05) is 0 Å². The van der Waals surface area contributed by atoms with Gasteiger partial charge in [0.05, 0.1) is 22.2 Å². The van der Waals surface area contributed by atoms with Crippen molar-refractivity contribution >= 4 is 26.8 Å². The summed E-state index contributed by atoms with van der Waals surface area (Å²) in [5.41, 5.74) is -0.726. The van der Waals surface area contributed by atoms with Gasteiger partial charge in [0.2, 0.25) is 0 Å². The second-order valence-electron chi connectivity index (χ2n) is 4.81. The van der Waals surface area contributed by atoms with Crippen LogP contribution in [0.1, 0.15) is 5.56 Å². The number of hydrogen-bond donors (Lipinski definition) is 2. The van der Waals surface area contributed by atoms with Crippen molar-refractivity contribution in [3.05, 3.63) is 55.7 Å². The van der Waals surface area contributed by atoms with Crippen molar-refractivity contribution in [3.8, 4) is 5.69 Å². The molecule has 126 valence electrons. The van der Waals surface area contributed by atoms with Gasteiger partial charge in [-0.1, -0.05) is 0 Å². The fourth-order valence-corrected chi connectivity index (χ4v) is 2.64. The predicted molar refractivity (Wildman–Crippen MR) is 83.9 cm³/mol. The molecule has 2 N–H and O–H groups in total. The van der Waals surface area contributed by atoms with Crippen LogP contribution in [0.5, 0.6) is 0 Å². The molecule has 0 amide bonds. The molecule has 0 saturated heterocycles. The third-order valence-electron chi connectivity index (χ3n) is 3.37. The number of hydrogen-bond acceptors (Lipinski definition) is 4. The van der Waals surface area contributed by atoms with Gasteiger partial charge in [0, 0.05) is 13.2 Å². The summed E-state index contributed by atoms with van der Waals surface area (Å²) in [6, 6.07) is 1.81. The van der Waals surface area contributed by atoms with Gasteiger partial charge < -0.3 is 15.0 Å². The molecule has 0 aliphatic heterocycles. The fraction of sp³-hybridized carbons (Fsp3) is 0.154. The van der Waals surface area contributed by atoms with Gasteiger partial charge in [-0.15, -0.1) is 0 Å². The first kappa shape index (κ1) is 16.3. The summed E-state index contributed by atoms with van der Waals surface area (Å²) in [7, 11) is 1.35. The third-order valence-corrected chi connectivity index (χ3v) is 3.78. The molecule has 0 bridgehead atoms. The van der Waals surface area contributed by atoms with Crippen molar-refractivity contribution in [1.82, 2.24) is 19.2 Å². The standard InChI is InChI=1S/C13H9BrF3N5O2/c1-18-22-11(23)6-2-9(21-4-10(14)19-5-21)7(13(15,16)17)3-8(6)20-12(22)24/h2-5,18H,1H3,(H,20,24). The number of halogens is 4. The molecule has 2 aromatic heterocycles. The van der Waals surface area contributed by atoms with E-state index in [-0.39, 0.29) is 16.6 Å². The van der Waals surface area contributed by atoms with Crippen molar-refractivity contribution in [2.75, 3.05) is 12.5 Å². The number of nitrogens with zero attached hydrogens (tertiary/aromatic N) is 3. The Hall–Kier alpha value is -2.56. The molecule has 7 nitrogen and oxygen atoms in total. The summed E-state index contributed by atoms with van der Waals surface area (Å²) < 4.78 is 42.3. The van der Waals surface area contributed by atoms with Crippen LogP contribution in [0.25, 0.3) is 16.6 Å². The van der Waals surface area contributed by atoms with E-state index < -0.39 is 23.0 Å². The Labute approximate surface area is 139 Å². The zero-order valence-corrected chi connectivity index (χ0v) is 13.6. The Morgan fingerprint density at radius 3 is 2.54 bits per heavy atom. The summed E-state index contributed by atoms with van der Waals surface area (Å²) in [5, 5.41) is -0.0724. The van der Waals surface area contributed by atoms with Gasteiger partial charge in [0.15, 0.2) is 0 Å². The molecule has 24 heavy (non-hydrogen) atoms. The maximum Gasteiger partial charge on any atom is 0.418 e. The molecule has 1 aromatic carbocycles. The van der Waals surface area contributed by atoms with E-state index in [9.17, 15) is 22.8 Å². The van der Waals surface area contributed by atoms with E-state index in [2.05, 4.69) is 31.3 Å². The van der Waals surface area contributed by atoms with Gasteiger partial charge >= 0.3 is 11.9 Å². The molecule has 0 aliphatic rings. The molecule has 0 saturated carbocycles. The Bertz CT molecular complexity index is 1050.